The van der Waals surface area contributed by atoms with Crippen LogP contribution in [0.4, 0.5) is 5.69 Å². The van der Waals surface area contributed by atoms with Crippen LogP contribution in [0.2, 0.25) is 0 Å². The minimum Gasteiger partial charge on any atom is -0.485 e. The van der Waals surface area contributed by atoms with E-state index in [1.807, 2.05) is 28.7 Å². The molecule has 10 heteroatoms. The van der Waals surface area contributed by atoms with Gasteiger partial charge in [0.2, 0.25) is 5.75 Å². The molecule has 3 N–H and O–H groups in total. The van der Waals surface area contributed by atoms with Crippen LogP contribution in [0.3, 0.4) is 0 Å². The molecule has 0 atom stereocenters. The number of hydrogen-bond acceptors (Lipinski definition) is 8. The van der Waals surface area contributed by atoms with Crippen LogP contribution in [0.15, 0.2) is 12.1 Å². The highest BCUT2D eigenvalue weighted by molar-refractivity contribution is 14.1. The first-order valence-corrected chi connectivity index (χ1v) is 6.23. The molecule has 9 nitrogen and oxygen atoms in total. The van der Waals surface area contributed by atoms with Crippen molar-refractivity contribution in [1.29, 1.82) is 5.26 Å². The van der Waals surface area contributed by atoms with Gasteiger partial charge in [-0.3, -0.25) is 14.9 Å². The topological polar surface area (TPSA) is 141 Å². The number of carbonyl (C=O) groups is 1. The number of hydrogen-bond donors (Lipinski definition) is 2. The quantitative estimate of drug-likeness (QED) is 0.313. The summed E-state index contributed by atoms with van der Waals surface area (Å²) in [6.07, 6.45) is -0.141. The second-order valence-corrected chi connectivity index (χ2v) is 4.53. The Morgan fingerprint density at radius 3 is 2.85 bits per heavy atom. The van der Waals surface area contributed by atoms with Gasteiger partial charge in [0.1, 0.15) is 0 Å². The number of nitrogens with one attached hydrogen (secondary N) is 1. The third-order valence-corrected chi connectivity index (χ3v) is 2.88. The molecule has 1 aromatic carbocycles. The molecule has 1 rings (SSSR count). The average Bonchev–Trinajstić information content (AvgIpc) is 2.40. The minimum atomic E-state index is -0.668. The fourth-order valence-electron chi connectivity index (χ4n) is 1.28. The van der Waals surface area contributed by atoms with Crippen molar-refractivity contribution in [3.05, 3.63) is 31.4 Å². The molecule has 0 fully saturated rings. The Morgan fingerprint density at radius 1 is 1.60 bits per heavy atom. The Bertz CT molecular complexity index is 572. The van der Waals surface area contributed by atoms with E-state index < -0.39 is 10.9 Å². The summed E-state index contributed by atoms with van der Waals surface area (Å²) in [5.41, 5.74) is 1.54. The molecule has 0 amide bonds. The lowest BCUT2D eigenvalue weighted by Gasteiger charge is -2.08. The molecule has 0 aliphatic heterocycles. The normalized spacial score (nSPS) is 9.65. The Balaban J connectivity index is 2.86. The van der Waals surface area contributed by atoms with Crippen LogP contribution in [0.25, 0.3) is 0 Å². The van der Waals surface area contributed by atoms with Crippen molar-refractivity contribution in [1.82, 2.24) is 5.59 Å². The second-order valence-electron chi connectivity index (χ2n) is 3.37. The van der Waals surface area contributed by atoms with Crippen molar-refractivity contribution >= 4 is 34.2 Å². The number of benzene rings is 1. The number of ether oxygens (including phenoxy) is 1. The number of nitro groups is 1. The van der Waals surface area contributed by atoms with Crippen molar-refractivity contribution in [3.8, 4) is 11.8 Å². The summed E-state index contributed by atoms with van der Waals surface area (Å²) in [4.78, 5) is 25.5. The van der Waals surface area contributed by atoms with Crippen LogP contribution < -0.4 is 16.2 Å². The molecule has 20 heavy (non-hydrogen) atoms. The molecule has 0 unspecified atom stereocenters. The zero-order chi connectivity index (χ0) is 15.1. The molecular weight excluding hydrogens is 383 g/mol. The number of nitriles is 1. The number of nitrogens with two attached hydrogens (primary N) is 1. The van der Waals surface area contributed by atoms with Crippen LogP contribution >= 0.6 is 22.6 Å². The third kappa shape index (κ3) is 4.30. The summed E-state index contributed by atoms with van der Waals surface area (Å²) in [7, 11) is 0. The first-order chi connectivity index (χ1) is 9.49. The molecule has 0 radical (unpaired) electrons. The van der Waals surface area contributed by atoms with Crippen molar-refractivity contribution in [3.63, 3.8) is 0 Å². The summed E-state index contributed by atoms with van der Waals surface area (Å²) in [5.74, 6) is 4.11. The van der Waals surface area contributed by atoms with E-state index in [-0.39, 0.29) is 30.0 Å². The van der Waals surface area contributed by atoms with E-state index in [0.29, 0.717) is 3.57 Å². The molecule has 0 aromatic heterocycles. The number of nitrogens with zero attached hydrogens (tertiary/aromatic N) is 2. The van der Waals surface area contributed by atoms with E-state index >= 15 is 0 Å². The highest BCUT2D eigenvalue weighted by atomic mass is 127. The van der Waals surface area contributed by atoms with E-state index in [4.69, 9.17) is 15.8 Å². The van der Waals surface area contributed by atoms with Gasteiger partial charge < -0.3 is 9.57 Å². The molecule has 0 aliphatic rings. The molecule has 0 bridgehead atoms. The van der Waals surface area contributed by atoms with Gasteiger partial charge in [0.25, 0.3) is 0 Å². The van der Waals surface area contributed by atoms with Crippen LogP contribution in [-0.4, -0.2) is 17.5 Å². The number of carbonyl (C=O) groups excluding carboxylic acids is 1. The Kier molecular flexibility index (Phi) is 6.10. The molecule has 0 saturated heterocycles. The highest BCUT2D eigenvalue weighted by Crippen LogP contribution is 2.33. The van der Waals surface area contributed by atoms with Crippen molar-refractivity contribution < 1.29 is 19.3 Å². The maximum Gasteiger partial charge on any atom is 0.329 e. The minimum absolute atomic E-state index is 0.00288. The summed E-state index contributed by atoms with van der Waals surface area (Å²) in [6, 6.07) is 4.38. The van der Waals surface area contributed by atoms with Crippen molar-refractivity contribution in [2.45, 2.75) is 6.42 Å². The Labute approximate surface area is 126 Å². The van der Waals surface area contributed by atoms with Crippen LogP contribution in [0.5, 0.6) is 5.75 Å². The lowest BCUT2D eigenvalue weighted by Crippen LogP contribution is -2.27. The predicted octanol–water partition coefficient (Wildman–Crippen LogP) is 0.761. The molecule has 0 spiro atoms. The summed E-state index contributed by atoms with van der Waals surface area (Å²) in [6.45, 7) is -0.122. The standard InChI is InChI=1S/C10H9IN4O5/c11-7-3-6(5-12)4-8(15(17)18)10(7)19-2-1-9(16)20-14-13/h3-4,14H,1-2,13H2. The van der Waals surface area contributed by atoms with E-state index in [1.165, 1.54) is 6.07 Å². The SMILES string of the molecule is N#Cc1cc(I)c(OCCC(=O)ONN)c([N+](=O)[O-])c1. The zero-order valence-corrected chi connectivity index (χ0v) is 12.1. The lowest BCUT2D eigenvalue weighted by molar-refractivity contribution is -0.386. The molecule has 0 saturated carbocycles. The number of nitro benzene ring substituents is 1. The maximum atomic E-state index is 11.0. The second kappa shape index (κ2) is 7.58. The van der Waals surface area contributed by atoms with Gasteiger partial charge in [-0.2, -0.15) is 5.26 Å². The number of rotatable bonds is 6. The summed E-state index contributed by atoms with van der Waals surface area (Å²) in [5, 5.41) is 19.7. The monoisotopic (exact) mass is 392 g/mol. The zero-order valence-electron chi connectivity index (χ0n) is 9.96. The van der Waals surface area contributed by atoms with E-state index in [2.05, 4.69) is 4.84 Å². The third-order valence-electron chi connectivity index (χ3n) is 2.08. The van der Waals surface area contributed by atoms with Crippen LogP contribution in [-0.2, 0) is 9.63 Å². The fraction of sp³-hybridized carbons (Fsp3) is 0.200. The lowest BCUT2D eigenvalue weighted by atomic mass is 10.2. The first-order valence-electron chi connectivity index (χ1n) is 5.15. The van der Waals surface area contributed by atoms with Gasteiger partial charge in [0.05, 0.1) is 33.2 Å². The molecule has 1 aromatic rings. The molecule has 0 aliphatic carbocycles. The smallest absolute Gasteiger partial charge is 0.329 e. The van der Waals surface area contributed by atoms with Gasteiger partial charge in [-0.1, -0.05) is 5.59 Å². The summed E-state index contributed by atoms with van der Waals surface area (Å²) >= 11 is 1.81. The van der Waals surface area contributed by atoms with Crippen molar-refractivity contribution in [2.24, 2.45) is 5.84 Å². The molecular formula is C10H9IN4O5. The first kappa shape index (κ1) is 16.1. The predicted molar refractivity (Wildman–Crippen MR) is 74.1 cm³/mol. The van der Waals surface area contributed by atoms with Gasteiger partial charge in [-0.15, -0.1) is 0 Å². The molecule has 106 valence electrons. The largest absolute Gasteiger partial charge is 0.485 e. The van der Waals surface area contributed by atoms with E-state index in [9.17, 15) is 14.9 Å². The van der Waals surface area contributed by atoms with Crippen LogP contribution in [0.1, 0.15) is 12.0 Å². The van der Waals surface area contributed by atoms with E-state index in [0.717, 1.165) is 6.07 Å². The van der Waals surface area contributed by atoms with Crippen molar-refractivity contribution in [2.75, 3.05) is 6.61 Å². The van der Waals surface area contributed by atoms with Gasteiger partial charge in [-0.05, 0) is 28.7 Å². The molecule has 0 heterocycles. The van der Waals surface area contributed by atoms with Gasteiger partial charge in [-0.25, -0.2) is 5.84 Å². The number of halogens is 1. The Hall–Kier alpha value is -1.97. The Morgan fingerprint density at radius 2 is 2.30 bits per heavy atom. The van der Waals surface area contributed by atoms with Gasteiger partial charge >= 0.3 is 11.7 Å². The summed E-state index contributed by atoms with van der Waals surface area (Å²) < 4.78 is 5.62. The number of hydrazine groups is 1. The highest BCUT2D eigenvalue weighted by Gasteiger charge is 2.20. The van der Waals surface area contributed by atoms with Gasteiger partial charge in [0.15, 0.2) is 0 Å². The van der Waals surface area contributed by atoms with Gasteiger partial charge in [0, 0.05) is 6.07 Å². The maximum absolute atomic E-state index is 11.0. The van der Waals surface area contributed by atoms with E-state index in [1.54, 1.807) is 5.59 Å². The average molecular weight is 392 g/mol. The fourth-order valence-corrected chi connectivity index (χ4v) is 2.04. The van der Waals surface area contributed by atoms with Crippen LogP contribution in [0, 0.1) is 25.0 Å².